The molecule has 2 aromatic rings. The molecule has 0 amide bonds. The molecule has 1 aliphatic rings. The van der Waals surface area contributed by atoms with E-state index < -0.39 is 6.36 Å². The van der Waals surface area contributed by atoms with E-state index in [-0.39, 0.29) is 19.0 Å². The topological polar surface area (TPSA) is 56.2 Å². The highest BCUT2D eigenvalue weighted by atomic mass is 19.4. The summed E-state index contributed by atoms with van der Waals surface area (Å²) in [6.07, 6.45) is 5.02. The molecule has 5 nitrogen and oxygen atoms in total. The molecule has 0 aliphatic heterocycles. The largest absolute Gasteiger partial charge is 0.573 e. The van der Waals surface area contributed by atoms with Gasteiger partial charge in [0.1, 0.15) is 5.75 Å². The predicted octanol–water partition coefficient (Wildman–Crippen LogP) is 7.22. The Bertz CT molecular complexity index is 1230. The molecule has 1 aliphatic carbocycles. The second kappa shape index (κ2) is 13.2. The highest BCUT2D eigenvalue weighted by molar-refractivity contribution is 5.78. The fraction of sp³-hybridized carbons (Fsp3) is 0.419. The first-order chi connectivity index (χ1) is 18.5. The molecule has 212 valence electrons. The molecular formula is C31H39F3N2O3. The Morgan fingerprint density at radius 3 is 2.28 bits per heavy atom. The van der Waals surface area contributed by atoms with Crippen LogP contribution in [0.5, 0.6) is 5.75 Å². The van der Waals surface area contributed by atoms with Crippen LogP contribution in [0.3, 0.4) is 0 Å². The monoisotopic (exact) mass is 544 g/mol. The van der Waals surface area contributed by atoms with Crippen LogP contribution in [-0.4, -0.2) is 42.2 Å². The van der Waals surface area contributed by atoms with Gasteiger partial charge in [0, 0.05) is 43.8 Å². The summed E-state index contributed by atoms with van der Waals surface area (Å²) in [5.74, 6) is -0.276. The number of rotatable bonds is 11. The SMILES string of the molecule is CC/C(C)=C/N(C)c1c(C)c(-c2ccc(OC(F)(F)F)cc2)cc(CN(C)C(/C=C/CO)=C2CCC2)c1CO. The lowest BCUT2D eigenvalue weighted by molar-refractivity contribution is -0.274. The first-order valence-corrected chi connectivity index (χ1v) is 13.2. The first-order valence-electron chi connectivity index (χ1n) is 13.2. The van der Waals surface area contributed by atoms with Crippen molar-refractivity contribution in [1.82, 2.24) is 4.90 Å². The van der Waals surface area contributed by atoms with Crippen LogP contribution in [0, 0.1) is 6.92 Å². The minimum atomic E-state index is -4.76. The van der Waals surface area contributed by atoms with Gasteiger partial charge in [-0.25, -0.2) is 0 Å². The van der Waals surface area contributed by atoms with Gasteiger partial charge in [-0.3, -0.25) is 0 Å². The molecule has 0 heterocycles. The average molecular weight is 545 g/mol. The number of allylic oxidation sites excluding steroid dienone is 3. The summed E-state index contributed by atoms with van der Waals surface area (Å²) >= 11 is 0. The van der Waals surface area contributed by atoms with Crippen LogP contribution in [0.4, 0.5) is 18.9 Å². The van der Waals surface area contributed by atoms with E-state index in [0.29, 0.717) is 6.54 Å². The lowest BCUT2D eigenvalue weighted by Gasteiger charge is -2.31. The van der Waals surface area contributed by atoms with E-state index >= 15 is 0 Å². The zero-order chi connectivity index (χ0) is 28.7. The number of anilines is 1. The molecule has 3 rings (SSSR count). The summed E-state index contributed by atoms with van der Waals surface area (Å²) in [5.41, 5.74) is 8.67. The Balaban J connectivity index is 2.15. The third-order valence-electron chi connectivity index (χ3n) is 7.15. The van der Waals surface area contributed by atoms with Gasteiger partial charge in [-0.05, 0) is 91.6 Å². The van der Waals surface area contributed by atoms with Crippen LogP contribution in [0.1, 0.15) is 56.2 Å². The predicted molar refractivity (Wildman–Crippen MR) is 150 cm³/mol. The number of hydrogen-bond donors (Lipinski definition) is 2. The van der Waals surface area contributed by atoms with E-state index in [1.807, 2.05) is 51.2 Å². The standard InChI is InChI=1S/C31H39F3N2O3/c1-6-21(2)18-36(5)30-22(3)27(23-12-14-26(15-13-23)39-31(32,33)34)17-25(28(30)20-38)19-35(4)29(11-8-16-37)24-9-7-10-24/h8,11-15,17-18,37-38H,6-7,9-10,16,19-20H2,1-5H3/b11-8+,21-18+. The van der Waals surface area contributed by atoms with Crippen LogP contribution in [0.15, 0.2) is 65.5 Å². The molecule has 0 bridgehead atoms. The van der Waals surface area contributed by atoms with E-state index in [4.69, 9.17) is 0 Å². The van der Waals surface area contributed by atoms with Crippen LogP contribution in [0.2, 0.25) is 0 Å². The van der Waals surface area contributed by atoms with Crippen LogP contribution in [0.25, 0.3) is 11.1 Å². The minimum absolute atomic E-state index is 0.0483. The number of ether oxygens (including phenoxy) is 1. The lowest BCUT2D eigenvalue weighted by atomic mass is 9.89. The van der Waals surface area contributed by atoms with Gasteiger partial charge >= 0.3 is 6.36 Å². The van der Waals surface area contributed by atoms with Crippen molar-refractivity contribution < 1.29 is 28.1 Å². The molecule has 0 unspecified atom stereocenters. The minimum Gasteiger partial charge on any atom is -0.406 e. The van der Waals surface area contributed by atoms with Gasteiger partial charge < -0.3 is 24.7 Å². The molecule has 1 fully saturated rings. The van der Waals surface area contributed by atoms with Gasteiger partial charge in [0.05, 0.1) is 13.2 Å². The normalized spacial score (nSPS) is 14.0. The van der Waals surface area contributed by atoms with E-state index in [1.165, 1.54) is 23.3 Å². The molecule has 2 aromatic carbocycles. The number of alkyl halides is 3. The van der Waals surface area contributed by atoms with Crippen molar-refractivity contribution in [3.63, 3.8) is 0 Å². The third kappa shape index (κ3) is 7.67. The second-order valence-electron chi connectivity index (χ2n) is 9.99. The molecule has 2 N–H and O–H groups in total. The van der Waals surface area contributed by atoms with Gasteiger partial charge in [0.15, 0.2) is 0 Å². The van der Waals surface area contributed by atoms with Crippen molar-refractivity contribution in [3.8, 4) is 16.9 Å². The molecule has 0 radical (unpaired) electrons. The average Bonchev–Trinajstić information content (AvgIpc) is 2.85. The van der Waals surface area contributed by atoms with Crippen molar-refractivity contribution in [2.45, 2.75) is 66.0 Å². The quantitative estimate of drug-likeness (QED) is 0.313. The molecule has 8 heteroatoms. The molecule has 1 saturated carbocycles. The maximum Gasteiger partial charge on any atom is 0.573 e. The van der Waals surface area contributed by atoms with Gasteiger partial charge in [-0.1, -0.05) is 30.7 Å². The van der Waals surface area contributed by atoms with Crippen molar-refractivity contribution in [2.75, 3.05) is 25.6 Å². The summed E-state index contributed by atoms with van der Waals surface area (Å²) in [6, 6.07) is 7.90. The number of hydrogen-bond acceptors (Lipinski definition) is 5. The molecule has 0 saturated heterocycles. The third-order valence-corrected chi connectivity index (χ3v) is 7.15. The smallest absolute Gasteiger partial charge is 0.406 e. The van der Waals surface area contributed by atoms with Crippen LogP contribution in [-0.2, 0) is 13.2 Å². The van der Waals surface area contributed by atoms with E-state index in [1.54, 1.807) is 18.2 Å². The highest BCUT2D eigenvalue weighted by Crippen LogP contribution is 2.39. The number of halogens is 3. The maximum absolute atomic E-state index is 12.7. The van der Waals surface area contributed by atoms with Gasteiger partial charge in [0.2, 0.25) is 0 Å². The lowest BCUT2D eigenvalue weighted by Crippen LogP contribution is -2.22. The number of benzene rings is 2. The molecule has 0 atom stereocenters. The fourth-order valence-corrected chi connectivity index (χ4v) is 4.92. The zero-order valence-electron chi connectivity index (χ0n) is 23.4. The van der Waals surface area contributed by atoms with E-state index in [0.717, 1.165) is 64.9 Å². The van der Waals surface area contributed by atoms with Crippen molar-refractivity contribution in [3.05, 3.63) is 82.2 Å². The summed E-state index contributed by atoms with van der Waals surface area (Å²) in [6.45, 7) is 6.38. The summed E-state index contributed by atoms with van der Waals surface area (Å²) in [7, 11) is 3.95. The highest BCUT2D eigenvalue weighted by Gasteiger charge is 2.31. The molecule has 0 spiro atoms. The van der Waals surface area contributed by atoms with Crippen molar-refractivity contribution in [2.24, 2.45) is 0 Å². The van der Waals surface area contributed by atoms with Gasteiger partial charge in [0.25, 0.3) is 0 Å². The fourth-order valence-electron chi connectivity index (χ4n) is 4.92. The number of aliphatic hydroxyl groups excluding tert-OH is 2. The summed E-state index contributed by atoms with van der Waals surface area (Å²) < 4.78 is 42.2. The molecule has 0 aromatic heterocycles. The Morgan fingerprint density at radius 2 is 1.77 bits per heavy atom. The number of aliphatic hydroxyl groups is 2. The van der Waals surface area contributed by atoms with Gasteiger partial charge in [-0.2, -0.15) is 0 Å². The Labute approximate surface area is 229 Å². The maximum atomic E-state index is 12.7. The Kier molecular flexibility index (Phi) is 10.3. The zero-order valence-corrected chi connectivity index (χ0v) is 23.4. The summed E-state index contributed by atoms with van der Waals surface area (Å²) in [5, 5.41) is 19.9. The Morgan fingerprint density at radius 1 is 1.10 bits per heavy atom. The Hall–Kier alpha value is -3.23. The second-order valence-corrected chi connectivity index (χ2v) is 9.99. The molecular weight excluding hydrogens is 505 g/mol. The number of likely N-dealkylation sites (N-methyl/N-ethyl adjacent to an activating group) is 1. The van der Waals surface area contributed by atoms with Crippen LogP contribution >= 0.6 is 0 Å². The van der Waals surface area contributed by atoms with E-state index in [2.05, 4.69) is 16.6 Å². The van der Waals surface area contributed by atoms with Crippen LogP contribution < -0.4 is 9.64 Å². The molecule has 39 heavy (non-hydrogen) atoms. The van der Waals surface area contributed by atoms with Crippen molar-refractivity contribution >= 4 is 5.69 Å². The van der Waals surface area contributed by atoms with Crippen molar-refractivity contribution in [1.29, 1.82) is 0 Å². The van der Waals surface area contributed by atoms with E-state index in [9.17, 15) is 23.4 Å². The summed E-state index contributed by atoms with van der Waals surface area (Å²) in [4.78, 5) is 4.15. The number of nitrogens with zero attached hydrogens (tertiary/aromatic N) is 2. The first kappa shape index (κ1) is 30.3. The van der Waals surface area contributed by atoms with Gasteiger partial charge in [-0.15, -0.1) is 13.2 Å².